The topological polar surface area (TPSA) is 137 Å². The van der Waals surface area contributed by atoms with Crippen LogP contribution in [0.5, 0.6) is 0 Å². The number of carboxylic acid groups (broad SMARTS) is 1. The highest BCUT2D eigenvalue weighted by Crippen LogP contribution is 2.29. The standard InChI is InChI=1S/C24H40N4O7/c1-14(2)12-19(29)27-11-10-16-8-9-18(22(32)33)28(16)21(31)17(13-27)25-20(30)15(3)26(7)23(34)35-24(4,5)6/h14-18H,8-13H2,1-7H3,(H,25,30)(H,32,33)/t15-,16+,17-,18-/m0/s1. The Hall–Kier alpha value is -2.85. The fraction of sp³-hybridized carbons (Fsp3) is 0.792. The quantitative estimate of drug-likeness (QED) is 0.568. The van der Waals surface area contributed by atoms with Crippen molar-refractivity contribution in [2.24, 2.45) is 5.92 Å². The normalized spacial score (nSPS) is 23.8. The van der Waals surface area contributed by atoms with Crippen LogP contribution >= 0.6 is 0 Å². The molecule has 198 valence electrons. The third-order valence-corrected chi connectivity index (χ3v) is 6.37. The Morgan fingerprint density at radius 1 is 1.14 bits per heavy atom. The molecule has 0 unspecified atom stereocenters. The molecule has 2 aliphatic rings. The summed E-state index contributed by atoms with van der Waals surface area (Å²) in [5, 5.41) is 12.3. The molecule has 11 nitrogen and oxygen atoms in total. The van der Waals surface area contributed by atoms with E-state index in [0.717, 1.165) is 4.90 Å². The van der Waals surface area contributed by atoms with Crippen molar-refractivity contribution < 1.29 is 33.8 Å². The first-order valence-electron chi connectivity index (χ1n) is 12.2. The molecule has 0 spiro atoms. The summed E-state index contributed by atoms with van der Waals surface area (Å²) in [6.07, 6.45) is 0.942. The van der Waals surface area contributed by atoms with Gasteiger partial charge in [0.25, 0.3) is 0 Å². The Bertz CT molecular complexity index is 838. The predicted octanol–water partition coefficient (Wildman–Crippen LogP) is 1.45. The first-order valence-corrected chi connectivity index (χ1v) is 12.2. The molecule has 2 saturated heterocycles. The van der Waals surface area contributed by atoms with E-state index in [4.69, 9.17) is 4.74 Å². The number of nitrogens with one attached hydrogen (secondary N) is 1. The van der Waals surface area contributed by atoms with Gasteiger partial charge in [0, 0.05) is 32.6 Å². The highest BCUT2D eigenvalue weighted by Gasteiger charge is 2.45. The van der Waals surface area contributed by atoms with Gasteiger partial charge in [-0.15, -0.1) is 0 Å². The molecular weight excluding hydrogens is 456 g/mol. The van der Waals surface area contributed by atoms with Crippen molar-refractivity contribution in [2.45, 2.75) is 97.0 Å². The summed E-state index contributed by atoms with van der Waals surface area (Å²) in [7, 11) is 1.42. The largest absolute Gasteiger partial charge is 0.480 e. The number of ether oxygens (including phenoxy) is 1. The minimum Gasteiger partial charge on any atom is -0.480 e. The van der Waals surface area contributed by atoms with Crippen LogP contribution in [0.25, 0.3) is 0 Å². The van der Waals surface area contributed by atoms with E-state index in [9.17, 15) is 29.1 Å². The number of likely N-dealkylation sites (N-methyl/N-ethyl adjacent to an activating group) is 1. The summed E-state index contributed by atoms with van der Waals surface area (Å²) >= 11 is 0. The second kappa shape index (κ2) is 11.3. The Labute approximate surface area is 207 Å². The van der Waals surface area contributed by atoms with Gasteiger partial charge in [-0.2, -0.15) is 0 Å². The van der Waals surface area contributed by atoms with Gasteiger partial charge in [-0.25, -0.2) is 9.59 Å². The van der Waals surface area contributed by atoms with Crippen LogP contribution in [0.1, 0.15) is 67.2 Å². The van der Waals surface area contributed by atoms with E-state index >= 15 is 0 Å². The van der Waals surface area contributed by atoms with E-state index in [-0.39, 0.29) is 24.4 Å². The van der Waals surface area contributed by atoms with Gasteiger partial charge in [-0.05, 0) is 52.9 Å². The average molecular weight is 497 g/mol. The SMILES string of the molecule is CC(C)CC(=O)N1CC[C@H]2CC[C@@H](C(=O)O)N2C(=O)[C@@H](NC(=O)[C@H](C)N(C)C(=O)OC(C)(C)C)C1. The minimum atomic E-state index is -1.13. The molecule has 0 bridgehead atoms. The van der Waals surface area contributed by atoms with Gasteiger partial charge >= 0.3 is 12.1 Å². The van der Waals surface area contributed by atoms with Crippen molar-refractivity contribution in [3.05, 3.63) is 0 Å². The maximum Gasteiger partial charge on any atom is 0.410 e. The fourth-order valence-electron chi connectivity index (χ4n) is 4.39. The number of carbonyl (C=O) groups is 5. The molecular formula is C24H40N4O7. The monoisotopic (exact) mass is 496 g/mol. The van der Waals surface area contributed by atoms with Gasteiger partial charge in [-0.3, -0.25) is 19.3 Å². The third-order valence-electron chi connectivity index (χ3n) is 6.37. The van der Waals surface area contributed by atoms with Gasteiger partial charge < -0.3 is 25.0 Å². The highest BCUT2D eigenvalue weighted by molar-refractivity contribution is 5.94. The van der Waals surface area contributed by atoms with Crippen LogP contribution in [0.2, 0.25) is 0 Å². The van der Waals surface area contributed by atoms with Crippen LogP contribution < -0.4 is 5.32 Å². The molecule has 0 aromatic rings. The molecule has 2 N–H and O–H groups in total. The maximum absolute atomic E-state index is 13.5. The van der Waals surface area contributed by atoms with Gasteiger partial charge in [0.2, 0.25) is 17.7 Å². The van der Waals surface area contributed by atoms with Crippen molar-refractivity contribution in [1.29, 1.82) is 0 Å². The number of carbonyl (C=O) groups excluding carboxylic acids is 4. The van der Waals surface area contributed by atoms with E-state index in [1.807, 2.05) is 13.8 Å². The molecule has 0 aromatic heterocycles. The average Bonchev–Trinajstić information content (AvgIpc) is 3.14. The molecule has 0 aromatic carbocycles. The Morgan fingerprint density at radius 3 is 2.31 bits per heavy atom. The van der Waals surface area contributed by atoms with E-state index in [1.54, 1.807) is 25.7 Å². The number of nitrogens with zero attached hydrogens (tertiary/aromatic N) is 3. The van der Waals surface area contributed by atoms with Crippen LogP contribution in [-0.2, 0) is 23.9 Å². The number of hydrogen-bond donors (Lipinski definition) is 2. The van der Waals surface area contributed by atoms with Crippen LogP contribution in [0.4, 0.5) is 4.79 Å². The Kier molecular flexibility index (Phi) is 9.13. The number of carboxylic acids is 1. The third kappa shape index (κ3) is 7.32. The number of fused-ring (bicyclic) bond motifs is 1. The predicted molar refractivity (Wildman–Crippen MR) is 127 cm³/mol. The van der Waals surface area contributed by atoms with Gasteiger partial charge in [0.15, 0.2) is 0 Å². The molecule has 2 aliphatic heterocycles. The van der Waals surface area contributed by atoms with E-state index in [0.29, 0.717) is 32.2 Å². The molecule has 4 amide bonds. The molecule has 11 heteroatoms. The van der Waals surface area contributed by atoms with Crippen LogP contribution in [-0.4, -0.2) is 99.5 Å². The van der Waals surface area contributed by atoms with Gasteiger partial charge in [-0.1, -0.05) is 13.8 Å². The molecule has 0 radical (unpaired) electrons. The van der Waals surface area contributed by atoms with Crippen LogP contribution in [0.15, 0.2) is 0 Å². The first kappa shape index (κ1) is 28.4. The van der Waals surface area contributed by atoms with Crippen molar-refractivity contribution in [3.8, 4) is 0 Å². The maximum atomic E-state index is 13.5. The van der Waals surface area contributed by atoms with E-state index < -0.39 is 47.6 Å². The second-order valence-corrected chi connectivity index (χ2v) is 10.9. The lowest BCUT2D eigenvalue weighted by Gasteiger charge is -2.39. The molecule has 2 fully saturated rings. The molecule has 2 rings (SSSR count). The Morgan fingerprint density at radius 2 is 1.77 bits per heavy atom. The molecule has 0 saturated carbocycles. The molecule has 35 heavy (non-hydrogen) atoms. The summed E-state index contributed by atoms with van der Waals surface area (Å²) in [4.78, 5) is 67.8. The number of amides is 4. The van der Waals surface area contributed by atoms with Crippen molar-refractivity contribution in [1.82, 2.24) is 20.0 Å². The highest BCUT2D eigenvalue weighted by atomic mass is 16.6. The summed E-state index contributed by atoms with van der Waals surface area (Å²) in [6.45, 7) is 10.8. The summed E-state index contributed by atoms with van der Waals surface area (Å²) in [6, 6.07) is -3.38. The molecule has 2 heterocycles. The zero-order chi connectivity index (χ0) is 26.7. The van der Waals surface area contributed by atoms with Crippen LogP contribution in [0, 0.1) is 5.92 Å². The molecule has 0 aliphatic carbocycles. The van der Waals surface area contributed by atoms with Crippen LogP contribution in [0.3, 0.4) is 0 Å². The minimum absolute atomic E-state index is 0.0610. The first-order chi connectivity index (χ1) is 16.1. The molecule has 4 atom stereocenters. The number of aliphatic carboxylic acids is 1. The smallest absolute Gasteiger partial charge is 0.410 e. The van der Waals surface area contributed by atoms with Crippen molar-refractivity contribution in [3.63, 3.8) is 0 Å². The second-order valence-electron chi connectivity index (χ2n) is 10.9. The summed E-state index contributed by atoms with van der Waals surface area (Å²) in [5.41, 5.74) is -0.745. The zero-order valence-corrected chi connectivity index (χ0v) is 21.9. The summed E-state index contributed by atoms with van der Waals surface area (Å²) in [5.74, 6) is -2.21. The summed E-state index contributed by atoms with van der Waals surface area (Å²) < 4.78 is 5.31. The number of rotatable bonds is 6. The zero-order valence-electron chi connectivity index (χ0n) is 21.9. The lowest BCUT2D eigenvalue weighted by Crippen LogP contribution is -2.62. The van der Waals surface area contributed by atoms with Crippen molar-refractivity contribution >= 4 is 29.8 Å². The lowest BCUT2D eigenvalue weighted by molar-refractivity contribution is -0.153. The van der Waals surface area contributed by atoms with Gasteiger partial charge in [0.1, 0.15) is 23.7 Å². The number of hydrogen-bond acceptors (Lipinski definition) is 6. The van der Waals surface area contributed by atoms with E-state index in [1.165, 1.54) is 18.9 Å². The van der Waals surface area contributed by atoms with E-state index in [2.05, 4.69) is 5.32 Å². The Balaban J connectivity index is 2.26. The van der Waals surface area contributed by atoms with Gasteiger partial charge in [0.05, 0.1) is 0 Å². The van der Waals surface area contributed by atoms with Crippen molar-refractivity contribution in [2.75, 3.05) is 20.1 Å². The fourth-order valence-corrected chi connectivity index (χ4v) is 4.39. The lowest BCUT2D eigenvalue weighted by atomic mass is 10.0.